The monoisotopic (exact) mass is 403 g/mol. The molecule has 0 saturated carbocycles. The third-order valence-electron chi connectivity index (χ3n) is 4.25. The molecule has 1 heterocycles. The highest BCUT2D eigenvalue weighted by Crippen LogP contribution is 2.45. The predicted molar refractivity (Wildman–Crippen MR) is 127 cm³/mol. The molecule has 0 spiro atoms. The van der Waals surface area contributed by atoms with Crippen molar-refractivity contribution in [1.82, 2.24) is 0 Å². The normalized spacial score (nSPS) is 15.4. The summed E-state index contributed by atoms with van der Waals surface area (Å²) in [6.07, 6.45) is 14.5. The molecule has 142 valence electrons. The molecule has 0 unspecified atom stereocenters. The van der Waals surface area contributed by atoms with E-state index in [0.29, 0.717) is 0 Å². The van der Waals surface area contributed by atoms with Crippen molar-refractivity contribution in [3.05, 3.63) is 113 Å². The molecule has 3 rings (SSSR count). The van der Waals surface area contributed by atoms with E-state index < -0.39 is 0 Å². The van der Waals surface area contributed by atoms with Gasteiger partial charge >= 0.3 is 0 Å². The predicted octanol–water partition coefficient (Wildman–Crippen LogP) is 7.74. The lowest BCUT2D eigenvalue weighted by Gasteiger charge is -2.17. The molecule has 1 aliphatic rings. The number of allylic oxidation sites excluding steroid dienone is 7. The lowest BCUT2D eigenvalue weighted by Crippen LogP contribution is -2.16. The maximum Gasteiger partial charge on any atom is 0.0801 e. The van der Waals surface area contributed by atoms with Gasteiger partial charge in [0.1, 0.15) is 0 Å². The Morgan fingerprint density at radius 3 is 2.54 bits per heavy atom. The summed E-state index contributed by atoms with van der Waals surface area (Å²) in [7, 11) is 0. The summed E-state index contributed by atoms with van der Waals surface area (Å²) in [5.41, 5.74) is 2.58. The van der Waals surface area contributed by atoms with Crippen LogP contribution in [-0.2, 0) is 0 Å². The van der Waals surface area contributed by atoms with Crippen molar-refractivity contribution in [2.75, 3.05) is 11.4 Å². The molecule has 1 nitrogen and oxygen atoms in total. The number of anilines is 1. The Morgan fingerprint density at radius 2 is 1.71 bits per heavy atom. The number of hydrogen-bond donors (Lipinski definition) is 0. The van der Waals surface area contributed by atoms with Gasteiger partial charge in [-0.15, -0.1) is 0 Å². The first-order valence-corrected chi connectivity index (χ1v) is 11.0. The Bertz CT molecular complexity index is 951. The minimum atomic E-state index is 0.975. The average molecular weight is 404 g/mol. The van der Waals surface area contributed by atoms with Crippen molar-refractivity contribution in [3.8, 4) is 0 Å². The Morgan fingerprint density at radius 1 is 1.00 bits per heavy atom. The largest absolute Gasteiger partial charge is 0.335 e. The molecule has 2 aromatic rings. The molecule has 0 N–H and O–H groups in total. The Balaban J connectivity index is 1.51. The fourth-order valence-electron chi connectivity index (χ4n) is 2.84. The van der Waals surface area contributed by atoms with Gasteiger partial charge in [0.25, 0.3) is 0 Å². The molecular formula is C25H25NS2. The molecule has 28 heavy (non-hydrogen) atoms. The molecule has 0 amide bonds. The van der Waals surface area contributed by atoms with Crippen LogP contribution in [0.2, 0.25) is 0 Å². The van der Waals surface area contributed by atoms with Crippen LogP contribution in [0.3, 0.4) is 0 Å². The van der Waals surface area contributed by atoms with Gasteiger partial charge in [-0.2, -0.15) is 0 Å². The van der Waals surface area contributed by atoms with Crippen LogP contribution in [0.1, 0.15) is 12.5 Å². The fourth-order valence-corrected chi connectivity index (χ4v) is 4.79. The highest BCUT2D eigenvalue weighted by Gasteiger charge is 2.22. The second-order valence-corrected chi connectivity index (χ2v) is 8.51. The molecule has 0 aromatic heterocycles. The zero-order valence-electron chi connectivity index (χ0n) is 16.3. The highest BCUT2D eigenvalue weighted by molar-refractivity contribution is 8.03. The molecule has 0 fully saturated rings. The summed E-state index contributed by atoms with van der Waals surface area (Å²) in [4.78, 5) is 5.96. The van der Waals surface area contributed by atoms with E-state index >= 15 is 0 Å². The number of nitrogens with zero attached hydrogens (tertiary/aromatic N) is 1. The van der Waals surface area contributed by atoms with E-state index in [2.05, 4.69) is 92.1 Å². The van der Waals surface area contributed by atoms with Gasteiger partial charge in [-0.25, -0.2) is 0 Å². The number of rotatable bonds is 7. The smallest absolute Gasteiger partial charge is 0.0801 e. The van der Waals surface area contributed by atoms with Crippen LogP contribution in [0.15, 0.2) is 117 Å². The standard InChI is InChI=1S/C25H25NS2/c1-4-26-22-16-11-13-18-24(22)28-25(26)19-9-7-5-6-8-15-21(3)27-23-17-12-10-14-20(23)2/h5-19H,3-4H2,1-2H3/b6-5+,9-7+,15-8+,25-19-. The number of thioether (sulfide) groups is 2. The van der Waals surface area contributed by atoms with Gasteiger partial charge in [0.05, 0.1) is 10.7 Å². The van der Waals surface area contributed by atoms with E-state index in [1.165, 1.54) is 26.1 Å². The quantitative estimate of drug-likeness (QED) is 0.344. The Labute approximate surface area is 177 Å². The lowest BCUT2D eigenvalue weighted by molar-refractivity contribution is 1.00. The molecule has 0 bridgehead atoms. The minimum Gasteiger partial charge on any atom is -0.335 e. The molecular weight excluding hydrogens is 378 g/mol. The van der Waals surface area contributed by atoms with E-state index in [4.69, 9.17) is 0 Å². The first kappa shape index (κ1) is 20.4. The van der Waals surface area contributed by atoms with E-state index in [1.54, 1.807) is 11.8 Å². The second kappa shape index (κ2) is 10.3. The number of aryl methyl sites for hydroxylation is 1. The Kier molecular flexibility index (Phi) is 7.46. The number of benzene rings is 2. The third kappa shape index (κ3) is 5.34. The maximum atomic E-state index is 4.12. The zero-order chi connectivity index (χ0) is 19.8. The summed E-state index contributed by atoms with van der Waals surface area (Å²) in [5.74, 6) is 0. The van der Waals surface area contributed by atoms with Crippen molar-refractivity contribution in [2.24, 2.45) is 0 Å². The molecule has 3 heteroatoms. The average Bonchev–Trinajstić information content (AvgIpc) is 3.06. The van der Waals surface area contributed by atoms with Crippen molar-refractivity contribution < 1.29 is 0 Å². The van der Waals surface area contributed by atoms with Crippen LogP contribution in [0.5, 0.6) is 0 Å². The van der Waals surface area contributed by atoms with E-state index in [-0.39, 0.29) is 0 Å². The fraction of sp³-hybridized carbons (Fsp3) is 0.120. The summed E-state index contributed by atoms with van der Waals surface area (Å²) >= 11 is 3.53. The van der Waals surface area contributed by atoms with Gasteiger partial charge in [0, 0.05) is 21.2 Å². The van der Waals surface area contributed by atoms with E-state index in [0.717, 1.165) is 11.4 Å². The first-order chi connectivity index (χ1) is 13.7. The molecule has 0 radical (unpaired) electrons. The van der Waals surface area contributed by atoms with Crippen molar-refractivity contribution in [3.63, 3.8) is 0 Å². The van der Waals surface area contributed by atoms with Gasteiger partial charge in [0.2, 0.25) is 0 Å². The van der Waals surface area contributed by atoms with Gasteiger partial charge in [-0.3, -0.25) is 0 Å². The van der Waals surface area contributed by atoms with Crippen LogP contribution in [-0.4, -0.2) is 6.54 Å². The minimum absolute atomic E-state index is 0.975. The second-order valence-electron chi connectivity index (χ2n) is 6.28. The van der Waals surface area contributed by atoms with Crippen molar-refractivity contribution in [1.29, 1.82) is 0 Å². The van der Waals surface area contributed by atoms with Crippen LogP contribution < -0.4 is 4.90 Å². The number of para-hydroxylation sites is 1. The van der Waals surface area contributed by atoms with Gasteiger partial charge in [0.15, 0.2) is 0 Å². The zero-order valence-corrected chi connectivity index (χ0v) is 18.0. The van der Waals surface area contributed by atoms with E-state index in [1.807, 2.05) is 36.1 Å². The topological polar surface area (TPSA) is 3.24 Å². The van der Waals surface area contributed by atoms with Gasteiger partial charge < -0.3 is 4.90 Å². The molecule has 0 atom stereocenters. The molecule has 0 saturated heterocycles. The van der Waals surface area contributed by atoms with Crippen molar-refractivity contribution in [2.45, 2.75) is 23.6 Å². The summed E-state index contributed by atoms with van der Waals surface area (Å²) in [5, 5.41) is 1.27. The maximum absolute atomic E-state index is 4.12. The summed E-state index contributed by atoms with van der Waals surface area (Å²) in [6.45, 7) is 9.41. The SMILES string of the molecule is C=C(/C=C/C=C/C=C/C=C1\Sc2ccccc2N1CC)Sc1ccccc1C. The lowest BCUT2D eigenvalue weighted by atomic mass is 10.2. The molecule has 2 aromatic carbocycles. The third-order valence-corrected chi connectivity index (χ3v) is 6.46. The van der Waals surface area contributed by atoms with Crippen LogP contribution >= 0.6 is 23.5 Å². The highest BCUT2D eigenvalue weighted by atomic mass is 32.2. The van der Waals surface area contributed by atoms with Gasteiger partial charge in [-0.05, 0) is 49.8 Å². The Hall–Kier alpha value is -2.36. The molecule has 0 aliphatic carbocycles. The van der Waals surface area contributed by atoms with Crippen molar-refractivity contribution >= 4 is 29.2 Å². The number of hydrogen-bond acceptors (Lipinski definition) is 3. The van der Waals surface area contributed by atoms with E-state index in [9.17, 15) is 0 Å². The number of fused-ring (bicyclic) bond motifs is 1. The van der Waals surface area contributed by atoms with Gasteiger partial charge in [-0.1, -0.05) is 90.8 Å². The molecule has 1 aliphatic heterocycles. The summed E-state index contributed by atoms with van der Waals surface area (Å²) < 4.78 is 0. The van der Waals surface area contributed by atoms with Crippen LogP contribution in [0.4, 0.5) is 5.69 Å². The summed E-state index contributed by atoms with van der Waals surface area (Å²) in [6, 6.07) is 16.9. The van der Waals surface area contributed by atoms with Crippen LogP contribution in [0.25, 0.3) is 0 Å². The first-order valence-electron chi connectivity index (χ1n) is 9.37. The van der Waals surface area contributed by atoms with Crippen LogP contribution in [0, 0.1) is 6.92 Å².